The van der Waals surface area contributed by atoms with Crippen molar-refractivity contribution in [3.63, 3.8) is 0 Å². The van der Waals surface area contributed by atoms with Gasteiger partial charge >= 0.3 is 0 Å². The van der Waals surface area contributed by atoms with Crippen molar-refractivity contribution in [3.05, 3.63) is 11.8 Å². The maximum atomic E-state index is 12.0. The molecule has 1 aliphatic heterocycles. The van der Waals surface area contributed by atoms with Gasteiger partial charge < -0.3 is 4.74 Å². The molecular weight excluding hydrogens is 176 g/mol. The zero-order chi connectivity index (χ0) is 9.54. The van der Waals surface area contributed by atoms with Gasteiger partial charge in [-0.2, -0.15) is 0 Å². The van der Waals surface area contributed by atoms with Crippen molar-refractivity contribution >= 4 is 5.78 Å². The van der Waals surface area contributed by atoms with E-state index in [0.717, 1.165) is 49.7 Å². The van der Waals surface area contributed by atoms with Crippen molar-refractivity contribution < 1.29 is 9.53 Å². The monoisotopic (exact) mass is 192 g/mol. The number of rotatable bonds is 2. The van der Waals surface area contributed by atoms with Crippen LogP contribution in [0, 0.1) is 17.8 Å². The van der Waals surface area contributed by atoms with Crippen LogP contribution in [0.1, 0.15) is 32.1 Å². The normalized spacial score (nSPS) is 39.7. The van der Waals surface area contributed by atoms with Crippen LogP contribution in [-0.2, 0) is 9.53 Å². The lowest BCUT2D eigenvalue weighted by molar-refractivity contribution is -0.119. The van der Waals surface area contributed by atoms with Crippen LogP contribution in [0.4, 0.5) is 0 Å². The van der Waals surface area contributed by atoms with E-state index in [1.807, 2.05) is 0 Å². The largest absolute Gasteiger partial charge is 0.501 e. The number of hydrogen-bond donors (Lipinski definition) is 0. The molecule has 2 nitrogen and oxygen atoms in total. The Labute approximate surface area is 84.3 Å². The van der Waals surface area contributed by atoms with E-state index < -0.39 is 0 Å². The molecule has 0 aromatic carbocycles. The maximum absolute atomic E-state index is 12.0. The van der Waals surface area contributed by atoms with Crippen LogP contribution in [0.2, 0.25) is 0 Å². The average molecular weight is 192 g/mol. The van der Waals surface area contributed by atoms with Crippen LogP contribution in [0.25, 0.3) is 0 Å². The first kappa shape index (κ1) is 8.51. The Balaban J connectivity index is 1.66. The number of hydrogen-bond acceptors (Lipinski definition) is 2. The summed E-state index contributed by atoms with van der Waals surface area (Å²) in [7, 11) is 0. The van der Waals surface area contributed by atoms with Gasteiger partial charge in [-0.1, -0.05) is 0 Å². The third-order valence-corrected chi connectivity index (χ3v) is 3.86. The smallest absolute Gasteiger partial charge is 0.165 e. The van der Waals surface area contributed by atoms with E-state index in [9.17, 15) is 4.79 Å². The number of fused-ring (bicyclic) bond motifs is 1. The van der Waals surface area contributed by atoms with Crippen LogP contribution in [0.15, 0.2) is 11.8 Å². The summed E-state index contributed by atoms with van der Waals surface area (Å²) in [5.74, 6) is 2.52. The molecule has 2 unspecified atom stereocenters. The standard InChI is InChI=1S/C12H16O2/c13-12(8-2-1-3-14-7-8)11-5-9-4-10(9)6-11/h7,9-11H,1-6H2. The molecule has 3 rings (SSSR count). The summed E-state index contributed by atoms with van der Waals surface area (Å²) in [6, 6.07) is 0. The maximum Gasteiger partial charge on any atom is 0.165 e. The average Bonchev–Trinajstić information content (AvgIpc) is 2.86. The molecule has 2 atom stereocenters. The fourth-order valence-corrected chi connectivity index (χ4v) is 2.94. The van der Waals surface area contributed by atoms with Gasteiger partial charge in [-0.25, -0.2) is 0 Å². The molecule has 2 fully saturated rings. The molecule has 2 saturated carbocycles. The highest BCUT2D eigenvalue weighted by atomic mass is 16.5. The summed E-state index contributed by atoms with van der Waals surface area (Å²) < 4.78 is 5.22. The Kier molecular flexibility index (Phi) is 1.89. The Morgan fingerprint density at radius 2 is 2.07 bits per heavy atom. The number of ketones is 1. The molecule has 0 N–H and O–H groups in total. The molecule has 1 heterocycles. The number of ether oxygens (including phenoxy) is 1. The summed E-state index contributed by atoms with van der Waals surface area (Å²) in [6.45, 7) is 0.784. The number of carbonyl (C=O) groups excluding carboxylic acids is 1. The zero-order valence-corrected chi connectivity index (χ0v) is 8.37. The van der Waals surface area contributed by atoms with Crippen LogP contribution in [0.5, 0.6) is 0 Å². The molecule has 2 heteroatoms. The molecule has 0 amide bonds. The fraction of sp³-hybridized carbons (Fsp3) is 0.750. The molecule has 0 radical (unpaired) electrons. The summed E-state index contributed by atoms with van der Waals surface area (Å²) in [5.41, 5.74) is 0.947. The van der Waals surface area contributed by atoms with Crippen molar-refractivity contribution in [2.24, 2.45) is 17.8 Å². The SMILES string of the molecule is O=C(C1=COCCC1)C1CC2CC2C1. The van der Waals surface area contributed by atoms with Gasteiger partial charge in [0.1, 0.15) is 0 Å². The first-order valence-corrected chi connectivity index (χ1v) is 5.69. The topological polar surface area (TPSA) is 26.3 Å². The van der Waals surface area contributed by atoms with E-state index in [2.05, 4.69) is 0 Å². The number of carbonyl (C=O) groups is 1. The predicted molar refractivity (Wildman–Crippen MR) is 52.6 cm³/mol. The Bertz CT molecular complexity index is 283. The van der Waals surface area contributed by atoms with E-state index in [0.29, 0.717) is 11.7 Å². The molecule has 0 aromatic heterocycles. The van der Waals surface area contributed by atoms with Crippen molar-refractivity contribution in [2.45, 2.75) is 32.1 Å². The summed E-state index contributed by atoms with van der Waals surface area (Å²) in [5, 5.41) is 0. The lowest BCUT2D eigenvalue weighted by Gasteiger charge is -2.16. The van der Waals surface area contributed by atoms with Gasteiger partial charge in [0.05, 0.1) is 12.9 Å². The van der Waals surface area contributed by atoms with Gasteiger partial charge in [0.2, 0.25) is 0 Å². The first-order chi connectivity index (χ1) is 6.84. The third kappa shape index (κ3) is 1.37. The quantitative estimate of drug-likeness (QED) is 0.671. The van der Waals surface area contributed by atoms with E-state index in [1.165, 1.54) is 6.42 Å². The lowest BCUT2D eigenvalue weighted by Crippen LogP contribution is -2.17. The van der Waals surface area contributed by atoms with Crippen molar-refractivity contribution in [1.82, 2.24) is 0 Å². The van der Waals surface area contributed by atoms with Gasteiger partial charge in [0.15, 0.2) is 5.78 Å². The highest BCUT2D eigenvalue weighted by molar-refractivity contribution is 5.97. The van der Waals surface area contributed by atoms with E-state index in [-0.39, 0.29) is 0 Å². The molecule has 0 aromatic rings. The second kappa shape index (κ2) is 3.11. The Morgan fingerprint density at radius 1 is 1.29 bits per heavy atom. The van der Waals surface area contributed by atoms with E-state index in [1.54, 1.807) is 6.26 Å². The molecule has 76 valence electrons. The molecule has 0 spiro atoms. The van der Waals surface area contributed by atoms with E-state index in [4.69, 9.17) is 4.74 Å². The molecule has 3 aliphatic rings. The first-order valence-electron chi connectivity index (χ1n) is 5.69. The molecular formula is C12H16O2. The summed E-state index contributed by atoms with van der Waals surface area (Å²) in [6.07, 6.45) is 7.35. The van der Waals surface area contributed by atoms with Crippen molar-refractivity contribution in [2.75, 3.05) is 6.61 Å². The van der Waals surface area contributed by atoms with Crippen LogP contribution >= 0.6 is 0 Å². The summed E-state index contributed by atoms with van der Waals surface area (Å²) >= 11 is 0. The minimum atomic E-state index is 0.340. The molecule has 14 heavy (non-hydrogen) atoms. The third-order valence-electron chi connectivity index (χ3n) is 3.86. The zero-order valence-electron chi connectivity index (χ0n) is 8.37. The van der Waals surface area contributed by atoms with Crippen LogP contribution in [-0.4, -0.2) is 12.4 Å². The second-order valence-electron chi connectivity index (χ2n) is 4.91. The van der Waals surface area contributed by atoms with Crippen LogP contribution in [0.3, 0.4) is 0 Å². The van der Waals surface area contributed by atoms with Crippen molar-refractivity contribution in [1.29, 1.82) is 0 Å². The Morgan fingerprint density at radius 3 is 2.71 bits per heavy atom. The van der Waals surface area contributed by atoms with Gasteiger partial charge in [-0.05, 0) is 43.9 Å². The number of Topliss-reactive ketones (excluding diaryl/α,β-unsaturated/α-hetero) is 1. The number of allylic oxidation sites excluding steroid dienone is 1. The fourth-order valence-electron chi connectivity index (χ4n) is 2.94. The highest BCUT2D eigenvalue weighted by Gasteiger charge is 2.48. The Hall–Kier alpha value is -0.790. The molecule has 0 bridgehead atoms. The van der Waals surface area contributed by atoms with Crippen LogP contribution < -0.4 is 0 Å². The van der Waals surface area contributed by atoms with Gasteiger partial charge in [0.25, 0.3) is 0 Å². The minimum Gasteiger partial charge on any atom is -0.501 e. The van der Waals surface area contributed by atoms with Gasteiger partial charge in [-0.3, -0.25) is 4.79 Å². The van der Waals surface area contributed by atoms with Crippen molar-refractivity contribution in [3.8, 4) is 0 Å². The second-order valence-corrected chi connectivity index (χ2v) is 4.91. The predicted octanol–water partition coefficient (Wildman–Crippen LogP) is 2.30. The van der Waals surface area contributed by atoms with Gasteiger partial charge in [-0.15, -0.1) is 0 Å². The lowest BCUT2D eigenvalue weighted by atomic mass is 9.91. The molecule has 0 saturated heterocycles. The van der Waals surface area contributed by atoms with E-state index >= 15 is 0 Å². The molecule has 2 aliphatic carbocycles. The summed E-state index contributed by atoms with van der Waals surface area (Å²) in [4.78, 5) is 12.0. The minimum absolute atomic E-state index is 0.340. The van der Waals surface area contributed by atoms with Gasteiger partial charge in [0, 0.05) is 11.5 Å². The highest BCUT2D eigenvalue weighted by Crippen LogP contribution is 2.55.